The Kier molecular flexibility index (Phi) is 7.78. The van der Waals surface area contributed by atoms with E-state index < -0.39 is 6.29 Å². The molecule has 3 aromatic rings. The van der Waals surface area contributed by atoms with Crippen LogP contribution < -0.4 is 15.0 Å². The monoisotopic (exact) mass is 482 g/mol. The van der Waals surface area contributed by atoms with Crippen LogP contribution in [0.4, 0.5) is 23.0 Å². The van der Waals surface area contributed by atoms with Crippen LogP contribution in [0.2, 0.25) is 0 Å². The number of benzene rings is 2. The molecule has 0 saturated carbocycles. The number of aliphatic hydroxyl groups excluding tert-OH is 1. The number of nitriles is 1. The van der Waals surface area contributed by atoms with E-state index in [9.17, 15) is 10.4 Å². The van der Waals surface area contributed by atoms with Crippen LogP contribution in [0.5, 0.6) is 5.75 Å². The van der Waals surface area contributed by atoms with Crippen LogP contribution in [0.3, 0.4) is 0 Å². The average Bonchev–Trinajstić information content (AvgIpc) is 2.74. The summed E-state index contributed by atoms with van der Waals surface area (Å²) in [5.41, 5.74) is 1.64. The number of hydrogen-bond acceptors (Lipinski definition) is 8. The highest BCUT2D eigenvalue weighted by Crippen LogP contribution is 2.31. The maximum atomic E-state index is 9.89. The topological polar surface area (TPSA) is 97.5 Å². The molecule has 160 valence electrons. The van der Waals surface area contributed by atoms with Crippen molar-refractivity contribution in [3.05, 3.63) is 65.4 Å². The lowest BCUT2D eigenvalue weighted by Crippen LogP contribution is -2.30. The number of aliphatic hydroxyl groups is 1. The molecule has 0 radical (unpaired) electrons. The van der Waals surface area contributed by atoms with Crippen molar-refractivity contribution < 1.29 is 9.84 Å². The van der Waals surface area contributed by atoms with Gasteiger partial charge in [-0.2, -0.15) is 5.26 Å². The van der Waals surface area contributed by atoms with Gasteiger partial charge in [-0.1, -0.05) is 12.1 Å². The van der Waals surface area contributed by atoms with E-state index >= 15 is 0 Å². The van der Waals surface area contributed by atoms with Gasteiger partial charge in [0.05, 0.1) is 18.3 Å². The van der Waals surface area contributed by atoms with E-state index in [1.54, 1.807) is 23.1 Å². The minimum Gasteiger partial charge on any atom is -0.464 e. The van der Waals surface area contributed by atoms with Crippen molar-refractivity contribution in [2.75, 3.05) is 37.4 Å². The number of likely N-dealkylation sites (N-methyl/N-ethyl adjacent to an activating group) is 1. The summed E-state index contributed by atoms with van der Waals surface area (Å²) in [6, 6.07) is 18.8. The third-order valence-electron chi connectivity index (χ3n) is 4.22. The van der Waals surface area contributed by atoms with Crippen LogP contribution in [0.1, 0.15) is 0 Å². The number of halogens is 1. The Hall–Kier alpha value is -3.19. The molecule has 1 unspecified atom stereocenters. The number of para-hydroxylation sites is 1. The Balaban J connectivity index is 1.74. The minimum atomic E-state index is -0.901. The summed E-state index contributed by atoms with van der Waals surface area (Å²) in [4.78, 5) is 12.3. The van der Waals surface area contributed by atoms with Gasteiger partial charge >= 0.3 is 0 Å². The maximum absolute atomic E-state index is 9.89. The number of ether oxygens (including phenoxy) is 1. The van der Waals surface area contributed by atoms with Crippen molar-refractivity contribution in [1.82, 2.24) is 14.9 Å². The van der Waals surface area contributed by atoms with Gasteiger partial charge in [-0.05, 0) is 66.4 Å². The molecular weight excluding hydrogens is 460 g/mol. The highest BCUT2D eigenvalue weighted by atomic mass is 79.9. The van der Waals surface area contributed by atoms with Gasteiger partial charge in [0.2, 0.25) is 6.29 Å². The molecule has 31 heavy (non-hydrogen) atoms. The van der Waals surface area contributed by atoms with E-state index in [-0.39, 0.29) is 6.54 Å². The van der Waals surface area contributed by atoms with Gasteiger partial charge in [-0.25, -0.2) is 9.97 Å². The van der Waals surface area contributed by atoms with E-state index in [0.717, 1.165) is 15.8 Å². The van der Waals surface area contributed by atoms with Gasteiger partial charge < -0.3 is 25.0 Å². The molecule has 9 heteroatoms. The Labute approximate surface area is 189 Å². The van der Waals surface area contributed by atoms with E-state index in [2.05, 4.69) is 37.3 Å². The van der Waals surface area contributed by atoms with Gasteiger partial charge in [0.15, 0.2) is 0 Å². The molecule has 8 nitrogen and oxygen atoms in total. The molecule has 1 aromatic heterocycles. The molecule has 0 bridgehead atoms. The van der Waals surface area contributed by atoms with Crippen LogP contribution in [-0.2, 0) is 0 Å². The van der Waals surface area contributed by atoms with E-state index in [4.69, 9.17) is 4.74 Å². The van der Waals surface area contributed by atoms with E-state index in [0.29, 0.717) is 23.9 Å². The number of anilines is 4. The SMILES string of the molecule is CN(C)CC(O)Oc1ccc(Nc2cc(N(CC#N)c3ccccc3Br)ncn2)cc1. The second-order valence-corrected chi connectivity index (χ2v) is 7.80. The number of aromatic nitrogens is 2. The largest absolute Gasteiger partial charge is 0.464 e. The number of nitrogens with one attached hydrogen (secondary N) is 1. The highest BCUT2D eigenvalue weighted by Gasteiger charge is 2.14. The third kappa shape index (κ3) is 6.39. The van der Waals surface area contributed by atoms with Gasteiger partial charge in [-0.15, -0.1) is 0 Å². The number of nitrogens with zero attached hydrogens (tertiary/aromatic N) is 5. The average molecular weight is 483 g/mol. The molecule has 3 rings (SSSR count). The lowest BCUT2D eigenvalue weighted by molar-refractivity contribution is -0.0327. The van der Waals surface area contributed by atoms with Crippen molar-refractivity contribution in [3.63, 3.8) is 0 Å². The Morgan fingerprint density at radius 1 is 1.16 bits per heavy atom. The minimum absolute atomic E-state index is 0.139. The van der Waals surface area contributed by atoms with Crippen LogP contribution in [0.25, 0.3) is 0 Å². The molecule has 2 aromatic carbocycles. The lowest BCUT2D eigenvalue weighted by Gasteiger charge is -2.22. The molecule has 0 aliphatic carbocycles. The highest BCUT2D eigenvalue weighted by molar-refractivity contribution is 9.10. The fourth-order valence-electron chi connectivity index (χ4n) is 2.87. The van der Waals surface area contributed by atoms with Crippen molar-refractivity contribution in [2.45, 2.75) is 6.29 Å². The Morgan fingerprint density at radius 3 is 2.58 bits per heavy atom. The van der Waals surface area contributed by atoms with Crippen LogP contribution in [0, 0.1) is 11.3 Å². The molecule has 2 N–H and O–H groups in total. The second kappa shape index (κ2) is 10.7. The summed E-state index contributed by atoms with van der Waals surface area (Å²) in [6.45, 7) is 0.542. The zero-order valence-corrected chi connectivity index (χ0v) is 18.8. The van der Waals surface area contributed by atoms with Crippen LogP contribution >= 0.6 is 15.9 Å². The van der Waals surface area contributed by atoms with Crippen molar-refractivity contribution in [1.29, 1.82) is 5.26 Å². The van der Waals surface area contributed by atoms with Crippen molar-refractivity contribution in [3.8, 4) is 11.8 Å². The van der Waals surface area contributed by atoms with Crippen LogP contribution in [0.15, 0.2) is 65.4 Å². The van der Waals surface area contributed by atoms with Gasteiger partial charge in [0, 0.05) is 16.2 Å². The molecule has 0 aliphatic rings. The Bertz CT molecular complexity index is 1040. The Morgan fingerprint density at radius 2 is 1.90 bits per heavy atom. The summed E-state index contributed by atoms with van der Waals surface area (Å²) < 4.78 is 6.35. The first-order valence-electron chi connectivity index (χ1n) is 9.54. The second-order valence-electron chi connectivity index (χ2n) is 6.94. The van der Waals surface area contributed by atoms with E-state index in [1.165, 1.54) is 6.33 Å². The van der Waals surface area contributed by atoms with Gasteiger partial charge in [0.25, 0.3) is 0 Å². The number of hydrogen-bond donors (Lipinski definition) is 2. The standard InChI is InChI=1S/C22H23BrN6O2/c1-28(2)14-22(30)31-17-9-7-16(8-10-17)27-20-13-21(26-15-25-20)29(12-11-24)19-6-4-3-5-18(19)23/h3-10,13,15,22,30H,12,14H2,1-2H3,(H,25,26,27). The molecular formula is C22H23BrN6O2. The molecule has 0 aliphatic heterocycles. The first-order chi connectivity index (χ1) is 15.0. The third-order valence-corrected chi connectivity index (χ3v) is 4.89. The fourth-order valence-corrected chi connectivity index (χ4v) is 3.36. The summed E-state index contributed by atoms with van der Waals surface area (Å²) in [5, 5.41) is 22.4. The molecule has 1 atom stereocenters. The number of rotatable bonds is 9. The fraction of sp³-hybridized carbons (Fsp3) is 0.227. The quantitative estimate of drug-likeness (QED) is 0.350. The smallest absolute Gasteiger partial charge is 0.210 e. The summed E-state index contributed by atoms with van der Waals surface area (Å²) in [5.74, 6) is 1.75. The lowest BCUT2D eigenvalue weighted by atomic mass is 10.2. The normalized spacial score (nSPS) is 11.6. The van der Waals surface area contributed by atoms with Gasteiger partial charge in [0.1, 0.15) is 30.3 Å². The summed E-state index contributed by atoms with van der Waals surface area (Å²) in [7, 11) is 3.73. The summed E-state index contributed by atoms with van der Waals surface area (Å²) in [6.07, 6.45) is 0.551. The molecule has 0 fully saturated rings. The maximum Gasteiger partial charge on any atom is 0.210 e. The summed E-state index contributed by atoms with van der Waals surface area (Å²) >= 11 is 3.53. The molecule has 0 amide bonds. The van der Waals surface area contributed by atoms with Crippen molar-refractivity contribution in [2.24, 2.45) is 0 Å². The zero-order chi connectivity index (χ0) is 22.2. The first-order valence-corrected chi connectivity index (χ1v) is 10.3. The van der Waals surface area contributed by atoms with Crippen molar-refractivity contribution >= 4 is 38.9 Å². The zero-order valence-electron chi connectivity index (χ0n) is 17.2. The van der Waals surface area contributed by atoms with E-state index in [1.807, 2.05) is 55.4 Å². The van der Waals surface area contributed by atoms with Crippen LogP contribution in [-0.4, -0.2) is 53.4 Å². The first kappa shape index (κ1) is 22.5. The predicted molar refractivity (Wildman–Crippen MR) is 124 cm³/mol. The molecule has 0 saturated heterocycles. The molecule has 0 spiro atoms. The predicted octanol–water partition coefficient (Wildman–Crippen LogP) is 3.90. The van der Waals surface area contributed by atoms with Gasteiger partial charge in [-0.3, -0.25) is 0 Å². The molecule has 1 heterocycles.